The van der Waals surface area contributed by atoms with E-state index in [4.69, 9.17) is 91.4 Å². The largest absolute Gasteiger partial charge is 0.665 e. The molecule has 0 fully saturated rings. The Morgan fingerprint density at radius 2 is 0.493 bits per heavy atom. The summed E-state index contributed by atoms with van der Waals surface area (Å²) in [7, 11) is -29.5. The van der Waals surface area contributed by atoms with Crippen molar-refractivity contribution < 1.29 is 182 Å². The molecule has 0 aromatic carbocycles. The molecular formula is C28H58Ag2N6O29Si6-10. The maximum atomic E-state index is 11.9. The first kappa shape index (κ1) is 87.6. The Morgan fingerprint density at radius 3 is 0.676 bits per heavy atom. The van der Waals surface area contributed by atoms with Crippen molar-refractivity contribution in [3.63, 3.8) is 0 Å². The van der Waals surface area contributed by atoms with E-state index in [0.29, 0.717) is 38.8 Å². The van der Waals surface area contributed by atoms with Crippen LogP contribution in [0.25, 0.3) is 0 Å². The van der Waals surface area contributed by atoms with E-state index in [1.165, 1.54) is 25.6 Å². The summed E-state index contributed by atoms with van der Waals surface area (Å²) in [6.45, 7) is 2.67. The molecule has 43 heteroatoms. The molecule has 0 aliphatic heterocycles. The third kappa shape index (κ3) is 66.9. The van der Waals surface area contributed by atoms with Gasteiger partial charge < -0.3 is 170 Å². The maximum Gasteiger partial charge on any atom is 0.488 e. The smallest absolute Gasteiger partial charge is 0.488 e. The summed E-state index contributed by atoms with van der Waals surface area (Å²) < 4.78 is 28.0. The van der Waals surface area contributed by atoms with Gasteiger partial charge in [-0.1, -0.05) is 38.8 Å². The number of amides is 4. The number of rotatable bonds is 36. The van der Waals surface area contributed by atoms with Gasteiger partial charge in [0, 0.05) is 81.0 Å². The second-order valence-electron chi connectivity index (χ2n) is 11.7. The molecule has 0 saturated heterocycles. The minimum absolute atomic E-state index is 0. The topological polar surface area (TPSA) is 600 Å². The molecule has 4 amide bonds. The molecule has 4 unspecified atom stereocenters. The molecule has 22 N–H and O–H groups in total. The first-order valence-corrected chi connectivity index (χ1v) is 30.5. The van der Waals surface area contributed by atoms with E-state index in [0.717, 1.165) is 0 Å². The van der Waals surface area contributed by atoms with E-state index >= 15 is 0 Å². The van der Waals surface area contributed by atoms with E-state index in [1.54, 1.807) is 0 Å². The number of nitrogens with one attached hydrogen (secondary N) is 4. The van der Waals surface area contributed by atoms with Gasteiger partial charge in [-0.15, -0.1) is 0 Å². The van der Waals surface area contributed by atoms with Crippen LogP contribution < -0.4 is 32.7 Å². The van der Waals surface area contributed by atoms with Crippen molar-refractivity contribution in [2.45, 2.75) is 74.8 Å². The molecule has 0 aromatic rings. The first-order chi connectivity index (χ1) is 32.4. The zero-order valence-corrected chi connectivity index (χ0v) is 45.8. The molecule has 0 saturated carbocycles. The first-order valence-electron chi connectivity index (χ1n) is 18.6. The molecule has 0 rings (SSSR count). The summed E-state index contributed by atoms with van der Waals surface area (Å²) in [5.41, 5.74) is 11.3. The maximum absolute atomic E-state index is 11.9. The van der Waals surface area contributed by atoms with Gasteiger partial charge in [0.1, 0.15) is 0 Å². The Bertz CT molecular complexity index is 1270. The van der Waals surface area contributed by atoms with Crippen molar-refractivity contribution in [2.24, 2.45) is 11.5 Å². The van der Waals surface area contributed by atoms with Gasteiger partial charge in [-0.25, -0.2) is 0 Å². The number of carbonyl (C=O) groups excluding carboxylic acids is 4. The summed E-state index contributed by atoms with van der Waals surface area (Å²) in [4.78, 5) is 181. The van der Waals surface area contributed by atoms with Crippen LogP contribution in [0.1, 0.15) is 38.5 Å². The van der Waals surface area contributed by atoms with Crippen molar-refractivity contribution in [3.05, 3.63) is 0 Å². The molecule has 35 nitrogen and oxygen atoms in total. The molecule has 0 spiro atoms. The van der Waals surface area contributed by atoms with Crippen molar-refractivity contribution in [3.8, 4) is 0 Å². The van der Waals surface area contributed by atoms with Gasteiger partial charge in [0.2, 0.25) is 0 Å². The minimum Gasteiger partial charge on any atom is -0.665 e. The normalized spacial score (nSPS) is 13.1. The summed E-state index contributed by atoms with van der Waals surface area (Å²) in [5, 5.41) is 49.5. The van der Waals surface area contributed by atoms with Crippen LogP contribution in [0.2, 0.25) is 36.3 Å². The molecule has 0 aliphatic carbocycles. The molecule has 0 aromatic heterocycles. The average Bonchev–Trinajstić information content (AvgIpc) is 3.24. The molecule has 2 radical (unpaired) electrons. The molecule has 0 heterocycles. The third-order valence-corrected chi connectivity index (χ3v) is 25.3. The van der Waals surface area contributed by atoms with E-state index in [9.17, 15) is 57.5 Å². The van der Waals surface area contributed by atoms with E-state index in [2.05, 4.69) is 21.3 Å². The van der Waals surface area contributed by atoms with Gasteiger partial charge in [0.25, 0.3) is 0 Å². The number of aliphatic hydroxyl groups excluding tert-OH is 6. The summed E-state index contributed by atoms with van der Waals surface area (Å²) >= 11 is 0. The number of nitrogens with two attached hydrogens (primary N) is 2. The van der Waals surface area contributed by atoms with Crippen molar-refractivity contribution in [1.29, 1.82) is 0 Å². The third-order valence-electron chi connectivity index (χ3n) is 6.48. The molecule has 0 bridgehead atoms. The Hall–Kier alpha value is -3.12. The van der Waals surface area contributed by atoms with Crippen LogP contribution in [0.3, 0.4) is 0 Å². The van der Waals surface area contributed by atoms with E-state index < -0.39 is 89.1 Å². The van der Waals surface area contributed by atoms with E-state index in [-0.39, 0.29) is 123 Å². The Labute approximate surface area is 444 Å². The monoisotopic (exact) mass is 1320 g/mol. The van der Waals surface area contributed by atoms with Gasteiger partial charge >= 0.3 is 52.8 Å². The van der Waals surface area contributed by atoms with Gasteiger partial charge in [-0.05, 0) is 77.8 Å². The molecule has 430 valence electrons. The molecule has 0 aliphatic rings. The van der Waals surface area contributed by atoms with Gasteiger partial charge in [-0.3, -0.25) is 0 Å². The molecule has 71 heavy (non-hydrogen) atoms. The standard InChI is InChI=1S/C22H52N6O17Si6.6CHO2.2Ag/c23-7-1-15-48(37,41-46(33,34)13-3-9-25-19-29)43-51(40,18-6-12-28-22-32)45-50(39,16-2-8-24)44-49(38,17-5-11-27-21-31)42-47(35,36)14-4-10-26-20-30;6*2-1-3;;/h33-40H,1-18,23-24H2,(H,25,29)(H,26,30)(H,27,31)(H,28,32);6*(H,2,3);;/q-4;6*-1;;. The number of hydrogen-bond donors (Lipinski definition) is 20. The van der Waals surface area contributed by atoms with E-state index in [1.807, 2.05) is 0 Å². The van der Waals surface area contributed by atoms with Crippen LogP contribution in [0.5, 0.6) is 0 Å². The zero-order valence-electron chi connectivity index (χ0n) is 36.9. The summed E-state index contributed by atoms with van der Waals surface area (Å²) in [5.74, 6) is 0. The summed E-state index contributed by atoms with van der Waals surface area (Å²) in [6, 6.07) is -2.78. The quantitative estimate of drug-likeness (QED) is 0.0120. The fraction of sp³-hybridized carbons (Fsp3) is 0.643. The van der Waals surface area contributed by atoms with Crippen LogP contribution in [0.15, 0.2) is 0 Å². The SMILES string of the molecule is NCCC[Si](O)(O[Si](O)(O)CCCN[C-]=O)O[Si](O)(CCCN[C-]=O)O[Si](O)(CCCN)O[Si](O)(CCCN[C-]=O)O[Si](O)(O)CCCN[C-]=O.O=[C-]O.O=[C-]O.O=[C-]O.O=[C-]O.O=[C-]O.O=[C-]O.[Ag].[Ag]. The molecule has 4 atom stereocenters. The second-order valence-corrected chi connectivity index (χ2v) is 27.5. The minimum atomic E-state index is -5.05. The second kappa shape index (κ2) is 59.4. The predicted molar refractivity (Wildman–Crippen MR) is 237 cm³/mol. The zero-order chi connectivity index (χ0) is 55.2. The molecular weight excluding hydrogens is 1270 g/mol. The van der Waals surface area contributed by atoms with Crippen LogP contribution in [-0.2, 0) is 113 Å². The summed E-state index contributed by atoms with van der Waals surface area (Å²) in [6.07, 6.45) is 5.43. The van der Waals surface area contributed by atoms with Crippen molar-refractivity contribution >= 4 is 117 Å². The Morgan fingerprint density at radius 1 is 0.324 bits per heavy atom. The Balaban J connectivity index is -0.000000237. The van der Waals surface area contributed by atoms with Crippen LogP contribution >= 0.6 is 0 Å². The van der Waals surface area contributed by atoms with Crippen LogP contribution in [0.4, 0.5) is 0 Å². The van der Waals surface area contributed by atoms with Crippen LogP contribution in [-0.4, -0.2) is 226 Å². The number of hydrogen-bond acceptors (Lipinski definition) is 25. The van der Waals surface area contributed by atoms with Gasteiger partial charge in [-0.2, -0.15) is 25.6 Å². The fourth-order valence-corrected chi connectivity index (χ4v) is 24.5. The average molecular weight is 1330 g/mol. The van der Waals surface area contributed by atoms with Crippen molar-refractivity contribution in [1.82, 2.24) is 21.3 Å². The Kier molecular flexibility index (Phi) is 73.3. The van der Waals surface area contributed by atoms with Gasteiger partial charge in [0.15, 0.2) is 0 Å². The fourth-order valence-electron chi connectivity index (χ4n) is 4.32. The van der Waals surface area contributed by atoms with Gasteiger partial charge in [0.05, 0.1) is 0 Å². The van der Waals surface area contributed by atoms with Crippen LogP contribution in [0, 0.1) is 0 Å². The predicted octanol–water partition coefficient (Wildman–Crippen LogP) is -8.81. The van der Waals surface area contributed by atoms with Crippen molar-refractivity contribution in [2.75, 3.05) is 39.3 Å².